The Hall–Kier alpha value is -1.50. The molecule has 0 radical (unpaired) electrons. The predicted molar refractivity (Wildman–Crippen MR) is 34.5 cm³/mol. The predicted octanol–water partition coefficient (Wildman–Crippen LogP) is 0.134. The second kappa shape index (κ2) is 4.39. The molecule has 4 heteroatoms. The average Bonchev–Trinajstić information content (AvgIpc) is 1.99. The van der Waals surface area contributed by atoms with Gasteiger partial charge in [-0.1, -0.05) is 6.08 Å². The van der Waals surface area contributed by atoms with Crippen LogP contribution in [-0.4, -0.2) is 13.1 Å². The largest absolute Gasteiger partial charge is 0.464 e. The van der Waals surface area contributed by atoms with Crippen LogP contribution in [0.1, 0.15) is 6.92 Å². The van der Waals surface area contributed by atoms with Crippen molar-refractivity contribution >= 4 is 5.97 Å². The molecule has 10 heavy (non-hydrogen) atoms. The Balaban J connectivity index is 4.12. The van der Waals surface area contributed by atoms with Crippen molar-refractivity contribution < 1.29 is 9.53 Å². The summed E-state index contributed by atoms with van der Waals surface area (Å²) in [6, 6.07) is 0. The van der Waals surface area contributed by atoms with E-state index in [1.54, 1.807) is 13.1 Å². The third-order valence-electron chi connectivity index (χ3n) is 0.885. The molecular formula is C6H8N2O2. The maximum Gasteiger partial charge on any atom is 0.354 e. The van der Waals surface area contributed by atoms with E-state index in [9.17, 15) is 4.79 Å². The fraction of sp³-hybridized carbons (Fsp3) is 0.333. The molecule has 1 N–H and O–H groups in total. The number of methoxy groups -OCH3 is 1. The lowest BCUT2D eigenvalue weighted by Gasteiger charge is -1.98. The lowest BCUT2D eigenvalue weighted by Crippen LogP contribution is -2.16. The van der Waals surface area contributed by atoms with Crippen molar-refractivity contribution in [1.82, 2.24) is 5.32 Å². The summed E-state index contributed by atoms with van der Waals surface area (Å²) in [6.45, 7) is 1.64. The van der Waals surface area contributed by atoms with E-state index >= 15 is 0 Å². The maximum absolute atomic E-state index is 10.6. The molecule has 0 amide bonds. The average molecular weight is 140 g/mol. The van der Waals surface area contributed by atoms with E-state index < -0.39 is 5.97 Å². The van der Waals surface area contributed by atoms with E-state index in [4.69, 9.17) is 5.26 Å². The van der Waals surface area contributed by atoms with E-state index in [0.717, 1.165) is 0 Å². The minimum atomic E-state index is -0.538. The molecule has 0 aromatic heterocycles. The quantitative estimate of drug-likeness (QED) is 0.256. The Kier molecular flexibility index (Phi) is 3.73. The third-order valence-corrected chi connectivity index (χ3v) is 0.885. The smallest absolute Gasteiger partial charge is 0.354 e. The van der Waals surface area contributed by atoms with Crippen molar-refractivity contribution in [2.75, 3.05) is 7.11 Å². The summed E-state index contributed by atoms with van der Waals surface area (Å²) in [5.74, 6) is -0.538. The number of carbonyl (C=O) groups is 1. The molecule has 0 fully saturated rings. The number of esters is 1. The van der Waals surface area contributed by atoms with E-state index in [2.05, 4.69) is 10.1 Å². The minimum absolute atomic E-state index is 0.157. The topological polar surface area (TPSA) is 62.1 Å². The Morgan fingerprint density at radius 3 is 2.70 bits per heavy atom. The number of allylic oxidation sites excluding steroid dienone is 1. The first-order chi connectivity index (χ1) is 4.76. The van der Waals surface area contributed by atoms with Crippen LogP contribution in [0.4, 0.5) is 0 Å². The van der Waals surface area contributed by atoms with Gasteiger partial charge in [0.15, 0.2) is 6.19 Å². The van der Waals surface area contributed by atoms with Gasteiger partial charge in [0, 0.05) is 0 Å². The molecule has 0 saturated heterocycles. The number of nitrogens with one attached hydrogen (secondary N) is 1. The van der Waals surface area contributed by atoms with E-state index in [0.29, 0.717) is 0 Å². The summed E-state index contributed by atoms with van der Waals surface area (Å²) in [7, 11) is 1.25. The molecular weight excluding hydrogens is 132 g/mol. The van der Waals surface area contributed by atoms with Crippen LogP contribution >= 0.6 is 0 Å². The van der Waals surface area contributed by atoms with Crippen molar-refractivity contribution in [1.29, 1.82) is 5.26 Å². The Labute approximate surface area is 59.1 Å². The second-order valence-electron chi connectivity index (χ2n) is 1.43. The zero-order chi connectivity index (χ0) is 7.98. The van der Waals surface area contributed by atoms with Gasteiger partial charge in [-0.05, 0) is 6.92 Å². The van der Waals surface area contributed by atoms with Gasteiger partial charge in [0.1, 0.15) is 5.70 Å². The molecule has 0 unspecified atom stereocenters. The molecule has 0 aromatic carbocycles. The summed E-state index contributed by atoms with van der Waals surface area (Å²) in [4.78, 5) is 10.6. The number of nitriles is 1. The van der Waals surface area contributed by atoms with Crippen LogP contribution in [0.15, 0.2) is 11.8 Å². The van der Waals surface area contributed by atoms with Crippen LogP contribution in [0.3, 0.4) is 0 Å². The van der Waals surface area contributed by atoms with Gasteiger partial charge < -0.3 is 4.74 Å². The van der Waals surface area contributed by atoms with Gasteiger partial charge in [0.2, 0.25) is 0 Å². The van der Waals surface area contributed by atoms with Crippen LogP contribution < -0.4 is 5.32 Å². The number of hydrogen-bond acceptors (Lipinski definition) is 4. The van der Waals surface area contributed by atoms with Crippen LogP contribution in [0.5, 0.6) is 0 Å². The molecule has 0 aliphatic rings. The van der Waals surface area contributed by atoms with Gasteiger partial charge >= 0.3 is 5.97 Å². The summed E-state index contributed by atoms with van der Waals surface area (Å²) in [5.41, 5.74) is 0.157. The third kappa shape index (κ3) is 2.18. The molecule has 0 rings (SSSR count). The first kappa shape index (κ1) is 8.50. The number of rotatable bonds is 2. The molecule has 0 aliphatic carbocycles. The Morgan fingerprint density at radius 2 is 2.40 bits per heavy atom. The molecule has 54 valence electrons. The van der Waals surface area contributed by atoms with Crippen LogP contribution in [0.25, 0.3) is 0 Å². The zero-order valence-corrected chi connectivity index (χ0v) is 5.84. The zero-order valence-electron chi connectivity index (χ0n) is 5.84. The van der Waals surface area contributed by atoms with Crippen molar-refractivity contribution in [3.05, 3.63) is 11.8 Å². The maximum atomic E-state index is 10.6. The molecule has 4 nitrogen and oxygen atoms in total. The molecule has 0 spiro atoms. The highest BCUT2D eigenvalue weighted by Gasteiger charge is 2.05. The highest BCUT2D eigenvalue weighted by atomic mass is 16.5. The van der Waals surface area contributed by atoms with Crippen LogP contribution in [0.2, 0.25) is 0 Å². The SMILES string of the molecule is C/C=C(\NC#N)C(=O)OC. The number of ether oxygens (including phenoxy) is 1. The molecule has 0 heterocycles. The monoisotopic (exact) mass is 140 g/mol. The fourth-order valence-electron chi connectivity index (χ4n) is 0.411. The van der Waals surface area contributed by atoms with Gasteiger partial charge in [-0.25, -0.2) is 4.79 Å². The van der Waals surface area contributed by atoms with Gasteiger partial charge in [-0.3, -0.25) is 5.32 Å². The standard InChI is InChI=1S/C6H8N2O2/c1-3-5(8-4-7)6(9)10-2/h3,8H,1-2H3/b5-3-. The normalized spacial score (nSPS) is 9.90. The lowest BCUT2D eigenvalue weighted by atomic mass is 10.4. The van der Waals surface area contributed by atoms with Gasteiger partial charge in [0.05, 0.1) is 7.11 Å². The van der Waals surface area contributed by atoms with Crippen molar-refractivity contribution in [2.24, 2.45) is 0 Å². The second-order valence-corrected chi connectivity index (χ2v) is 1.43. The van der Waals surface area contributed by atoms with Crippen molar-refractivity contribution in [2.45, 2.75) is 6.92 Å². The molecule has 0 aromatic rings. The van der Waals surface area contributed by atoms with Crippen LogP contribution in [0, 0.1) is 11.5 Å². The molecule has 0 bridgehead atoms. The number of carbonyl (C=O) groups excluding carboxylic acids is 1. The van der Waals surface area contributed by atoms with E-state index in [1.807, 2.05) is 0 Å². The summed E-state index contributed by atoms with van der Waals surface area (Å²) < 4.78 is 4.33. The number of nitrogens with zero attached hydrogens (tertiary/aromatic N) is 1. The Morgan fingerprint density at radius 1 is 1.80 bits per heavy atom. The van der Waals surface area contributed by atoms with E-state index in [-0.39, 0.29) is 5.70 Å². The Bertz CT molecular complexity index is 190. The highest BCUT2D eigenvalue weighted by molar-refractivity contribution is 5.87. The minimum Gasteiger partial charge on any atom is -0.464 e. The lowest BCUT2D eigenvalue weighted by molar-refractivity contribution is -0.136. The first-order valence-electron chi connectivity index (χ1n) is 2.66. The van der Waals surface area contributed by atoms with Crippen molar-refractivity contribution in [3.8, 4) is 6.19 Å². The summed E-state index contributed by atoms with van der Waals surface area (Å²) in [5, 5.41) is 10.3. The number of hydrogen-bond donors (Lipinski definition) is 1. The molecule has 0 saturated carbocycles. The van der Waals surface area contributed by atoms with E-state index in [1.165, 1.54) is 13.2 Å². The fourth-order valence-corrected chi connectivity index (χ4v) is 0.411. The van der Waals surface area contributed by atoms with Gasteiger partial charge in [0.25, 0.3) is 0 Å². The molecule has 0 atom stereocenters. The molecule has 0 aliphatic heterocycles. The summed E-state index contributed by atoms with van der Waals surface area (Å²) in [6.07, 6.45) is 3.08. The van der Waals surface area contributed by atoms with Crippen molar-refractivity contribution in [3.63, 3.8) is 0 Å². The van der Waals surface area contributed by atoms with Gasteiger partial charge in [-0.15, -0.1) is 0 Å². The van der Waals surface area contributed by atoms with Gasteiger partial charge in [-0.2, -0.15) is 5.26 Å². The highest BCUT2D eigenvalue weighted by Crippen LogP contribution is 1.89. The first-order valence-corrected chi connectivity index (χ1v) is 2.66. The van der Waals surface area contributed by atoms with Crippen LogP contribution in [-0.2, 0) is 9.53 Å². The summed E-state index contributed by atoms with van der Waals surface area (Å²) >= 11 is 0.